The van der Waals surface area contributed by atoms with Crippen molar-refractivity contribution in [2.75, 3.05) is 13.1 Å². The zero-order valence-corrected chi connectivity index (χ0v) is 12.6. The largest absolute Gasteiger partial charge is 0.329 e. The zero-order chi connectivity index (χ0) is 13.2. The van der Waals surface area contributed by atoms with E-state index >= 15 is 0 Å². The number of nitrogens with two attached hydrogens (primary N) is 1. The summed E-state index contributed by atoms with van der Waals surface area (Å²) < 4.78 is 0. The van der Waals surface area contributed by atoms with Gasteiger partial charge in [-0.1, -0.05) is 20.3 Å². The van der Waals surface area contributed by atoms with Gasteiger partial charge >= 0.3 is 0 Å². The van der Waals surface area contributed by atoms with Gasteiger partial charge in [0.2, 0.25) is 0 Å². The van der Waals surface area contributed by atoms with Crippen LogP contribution in [0.1, 0.15) is 65.7 Å². The van der Waals surface area contributed by atoms with Gasteiger partial charge in [0.05, 0.1) is 0 Å². The maximum Gasteiger partial charge on any atom is 0.0334 e. The van der Waals surface area contributed by atoms with Gasteiger partial charge in [-0.2, -0.15) is 0 Å². The first kappa shape index (κ1) is 14.3. The van der Waals surface area contributed by atoms with Crippen LogP contribution in [-0.2, 0) is 0 Å². The molecule has 1 saturated heterocycles. The minimum atomic E-state index is 0.339. The van der Waals surface area contributed by atoms with Gasteiger partial charge in [-0.3, -0.25) is 4.90 Å². The topological polar surface area (TPSA) is 29.3 Å². The van der Waals surface area contributed by atoms with Crippen molar-refractivity contribution in [1.82, 2.24) is 4.90 Å². The summed E-state index contributed by atoms with van der Waals surface area (Å²) in [5, 5.41) is 0. The molecule has 2 fully saturated rings. The predicted molar refractivity (Wildman–Crippen MR) is 78.6 cm³/mol. The molecule has 2 atom stereocenters. The number of rotatable bonds is 3. The van der Waals surface area contributed by atoms with Crippen LogP contribution in [0.2, 0.25) is 0 Å². The summed E-state index contributed by atoms with van der Waals surface area (Å²) in [5.74, 6) is 1.86. The van der Waals surface area contributed by atoms with E-state index in [-0.39, 0.29) is 0 Å². The van der Waals surface area contributed by atoms with Gasteiger partial charge in [0, 0.05) is 18.1 Å². The maximum absolute atomic E-state index is 6.21. The Labute approximate surface area is 113 Å². The molecule has 2 nitrogen and oxygen atoms in total. The average molecular weight is 252 g/mol. The highest BCUT2D eigenvalue weighted by Crippen LogP contribution is 2.40. The number of hydrogen-bond donors (Lipinski definition) is 1. The van der Waals surface area contributed by atoms with Crippen LogP contribution >= 0.6 is 0 Å². The van der Waals surface area contributed by atoms with Crippen LogP contribution in [0.15, 0.2) is 0 Å². The molecule has 2 unspecified atom stereocenters. The van der Waals surface area contributed by atoms with Crippen molar-refractivity contribution in [2.45, 2.75) is 77.3 Å². The molecule has 2 N–H and O–H groups in total. The van der Waals surface area contributed by atoms with Gasteiger partial charge in [-0.25, -0.2) is 0 Å². The Hall–Kier alpha value is -0.0800. The molecule has 1 heterocycles. The molecule has 0 radical (unpaired) electrons. The fourth-order valence-electron chi connectivity index (χ4n) is 4.34. The lowest BCUT2D eigenvalue weighted by Gasteiger charge is -2.52. The lowest BCUT2D eigenvalue weighted by Crippen LogP contribution is -2.60. The Morgan fingerprint density at radius 2 is 1.83 bits per heavy atom. The second-order valence-electron chi connectivity index (χ2n) is 6.95. The minimum absolute atomic E-state index is 0.339. The lowest BCUT2D eigenvalue weighted by atomic mass is 9.73. The Morgan fingerprint density at radius 1 is 1.17 bits per heavy atom. The molecule has 0 aromatic heterocycles. The Morgan fingerprint density at radius 3 is 2.33 bits per heavy atom. The summed E-state index contributed by atoms with van der Waals surface area (Å²) in [7, 11) is 0. The van der Waals surface area contributed by atoms with Crippen LogP contribution in [0.5, 0.6) is 0 Å². The van der Waals surface area contributed by atoms with Crippen molar-refractivity contribution in [3.8, 4) is 0 Å². The lowest BCUT2D eigenvalue weighted by molar-refractivity contribution is -0.0170. The fourth-order valence-corrected chi connectivity index (χ4v) is 4.34. The molecule has 2 aliphatic rings. The van der Waals surface area contributed by atoms with Crippen LogP contribution < -0.4 is 5.73 Å². The van der Waals surface area contributed by atoms with Crippen molar-refractivity contribution in [2.24, 2.45) is 17.6 Å². The SMILES string of the molecule is CCC1CCC(CN)(N2CCC(C)CC2C)CC1. The monoisotopic (exact) mass is 252 g/mol. The smallest absolute Gasteiger partial charge is 0.0334 e. The highest BCUT2D eigenvalue weighted by atomic mass is 15.2. The van der Waals surface area contributed by atoms with Crippen LogP contribution in [0.25, 0.3) is 0 Å². The Bertz CT molecular complexity index is 256. The first-order valence-corrected chi connectivity index (χ1v) is 8.08. The molecular formula is C16H32N2. The van der Waals surface area contributed by atoms with Crippen LogP contribution in [0.4, 0.5) is 0 Å². The molecule has 2 heteroatoms. The molecule has 1 saturated carbocycles. The van der Waals surface area contributed by atoms with E-state index in [4.69, 9.17) is 5.73 Å². The highest BCUT2D eigenvalue weighted by Gasteiger charge is 2.42. The highest BCUT2D eigenvalue weighted by molar-refractivity contribution is 4.99. The minimum Gasteiger partial charge on any atom is -0.329 e. The molecule has 0 amide bonds. The summed E-state index contributed by atoms with van der Waals surface area (Å²) in [6.07, 6.45) is 9.54. The number of nitrogens with zero attached hydrogens (tertiary/aromatic N) is 1. The van der Waals surface area contributed by atoms with Crippen molar-refractivity contribution in [3.05, 3.63) is 0 Å². The first-order valence-electron chi connectivity index (χ1n) is 8.08. The molecule has 2 rings (SSSR count). The summed E-state index contributed by atoms with van der Waals surface area (Å²) >= 11 is 0. The quantitative estimate of drug-likeness (QED) is 0.834. The normalized spacial score (nSPS) is 43.0. The molecule has 0 aromatic rings. The van der Waals surface area contributed by atoms with Crippen molar-refractivity contribution < 1.29 is 0 Å². The van der Waals surface area contributed by atoms with Crippen LogP contribution in [-0.4, -0.2) is 29.6 Å². The molecule has 106 valence electrons. The second kappa shape index (κ2) is 5.92. The molecule has 0 spiro atoms. The van der Waals surface area contributed by atoms with E-state index in [1.54, 1.807) is 0 Å². The van der Waals surface area contributed by atoms with E-state index in [1.807, 2.05) is 0 Å². The van der Waals surface area contributed by atoms with Gasteiger partial charge in [0.15, 0.2) is 0 Å². The third-order valence-electron chi connectivity index (χ3n) is 5.74. The van der Waals surface area contributed by atoms with Crippen molar-refractivity contribution in [3.63, 3.8) is 0 Å². The molecule has 1 aliphatic heterocycles. The molecular weight excluding hydrogens is 220 g/mol. The predicted octanol–water partition coefficient (Wildman–Crippen LogP) is 3.40. The van der Waals surface area contributed by atoms with E-state index in [0.717, 1.165) is 24.4 Å². The van der Waals surface area contributed by atoms with E-state index in [1.165, 1.54) is 51.5 Å². The van der Waals surface area contributed by atoms with E-state index in [0.29, 0.717) is 5.54 Å². The fraction of sp³-hybridized carbons (Fsp3) is 1.00. The number of piperidine rings is 1. The third kappa shape index (κ3) is 2.75. The standard InChI is InChI=1S/C16H32N2/c1-4-15-5-8-16(12-17,9-6-15)18-10-7-13(2)11-14(18)3/h13-15H,4-12,17H2,1-3H3. The summed E-state index contributed by atoms with van der Waals surface area (Å²) in [6.45, 7) is 9.29. The second-order valence-corrected chi connectivity index (χ2v) is 6.95. The van der Waals surface area contributed by atoms with Crippen LogP contribution in [0, 0.1) is 11.8 Å². The van der Waals surface area contributed by atoms with E-state index in [2.05, 4.69) is 25.7 Å². The number of hydrogen-bond acceptors (Lipinski definition) is 2. The third-order valence-corrected chi connectivity index (χ3v) is 5.74. The first-order chi connectivity index (χ1) is 8.61. The van der Waals surface area contributed by atoms with Crippen LogP contribution in [0.3, 0.4) is 0 Å². The molecule has 0 bridgehead atoms. The Kier molecular flexibility index (Phi) is 4.71. The van der Waals surface area contributed by atoms with Crippen molar-refractivity contribution >= 4 is 0 Å². The average Bonchev–Trinajstić information content (AvgIpc) is 2.39. The van der Waals surface area contributed by atoms with Gasteiger partial charge < -0.3 is 5.73 Å². The zero-order valence-electron chi connectivity index (χ0n) is 12.6. The summed E-state index contributed by atoms with van der Waals surface area (Å²) in [6, 6.07) is 0.732. The summed E-state index contributed by atoms with van der Waals surface area (Å²) in [4.78, 5) is 2.78. The van der Waals surface area contributed by atoms with Gasteiger partial charge in [0.1, 0.15) is 0 Å². The van der Waals surface area contributed by atoms with Gasteiger partial charge in [-0.15, -0.1) is 0 Å². The van der Waals surface area contributed by atoms with E-state index in [9.17, 15) is 0 Å². The van der Waals surface area contributed by atoms with Gasteiger partial charge in [0.25, 0.3) is 0 Å². The summed E-state index contributed by atoms with van der Waals surface area (Å²) in [5.41, 5.74) is 6.55. The van der Waals surface area contributed by atoms with Crippen molar-refractivity contribution in [1.29, 1.82) is 0 Å². The molecule has 1 aliphatic carbocycles. The maximum atomic E-state index is 6.21. The molecule has 18 heavy (non-hydrogen) atoms. The van der Waals surface area contributed by atoms with E-state index < -0.39 is 0 Å². The van der Waals surface area contributed by atoms with Gasteiger partial charge in [-0.05, 0) is 63.8 Å². The number of likely N-dealkylation sites (tertiary alicyclic amines) is 1. The Balaban J connectivity index is 2.04. The molecule has 0 aromatic carbocycles.